The molecule has 0 amide bonds. The van der Waals surface area contributed by atoms with Crippen molar-refractivity contribution in [2.75, 3.05) is 13.2 Å². The lowest BCUT2D eigenvalue weighted by Crippen LogP contribution is -2.09. The van der Waals surface area contributed by atoms with Crippen molar-refractivity contribution in [1.82, 2.24) is 0 Å². The van der Waals surface area contributed by atoms with E-state index in [0.29, 0.717) is 24.7 Å². The number of benzene rings is 1. The molecule has 0 heterocycles. The van der Waals surface area contributed by atoms with Gasteiger partial charge in [0.2, 0.25) is 0 Å². The molecule has 20 heavy (non-hydrogen) atoms. The molecule has 0 saturated carbocycles. The van der Waals surface area contributed by atoms with Crippen LogP contribution in [0.3, 0.4) is 0 Å². The van der Waals surface area contributed by atoms with Crippen LogP contribution >= 0.6 is 28.1 Å². The summed E-state index contributed by atoms with van der Waals surface area (Å²) < 4.78 is 11.8. The maximum atomic E-state index is 8.99. The molecule has 0 saturated heterocycles. The number of nitriles is 1. The molecule has 1 aromatic carbocycles. The highest BCUT2D eigenvalue weighted by Gasteiger charge is 2.12. The molecule has 0 aliphatic heterocycles. The quantitative estimate of drug-likeness (QED) is 0.481. The van der Waals surface area contributed by atoms with Crippen LogP contribution in [0, 0.1) is 11.3 Å². The smallest absolute Gasteiger partial charge is 0.175 e. The van der Waals surface area contributed by atoms with E-state index >= 15 is 0 Å². The fourth-order valence-corrected chi connectivity index (χ4v) is 2.22. The number of hydrogen-bond acceptors (Lipinski definition) is 4. The molecule has 1 aromatic rings. The van der Waals surface area contributed by atoms with E-state index in [1.165, 1.54) is 0 Å². The third-order valence-corrected chi connectivity index (χ3v) is 3.13. The lowest BCUT2D eigenvalue weighted by molar-refractivity contribution is 0.286. The van der Waals surface area contributed by atoms with E-state index in [-0.39, 0.29) is 10.6 Å². The van der Waals surface area contributed by atoms with Crippen molar-refractivity contribution in [3.8, 4) is 17.6 Å². The Morgan fingerprint density at radius 3 is 2.55 bits per heavy atom. The Morgan fingerprint density at radius 2 is 2.05 bits per heavy atom. The number of nitrogens with two attached hydrogens (primary N) is 1. The van der Waals surface area contributed by atoms with Crippen molar-refractivity contribution in [3.63, 3.8) is 0 Å². The van der Waals surface area contributed by atoms with E-state index in [1.807, 2.05) is 26.0 Å². The summed E-state index contributed by atoms with van der Waals surface area (Å²) >= 11 is 8.26. The van der Waals surface area contributed by atoms with Crippen LogP contribution < -0.4 is 15.2 Å². The Labute approximate surface area is 132 Å². The largest absolute Gasteiger partial charge is 0.490 e. The van der Waals surface area contributed by atoms with Gasteiger partial charge in [0, 0.05) is 0 Å². The van der Waals surface area contributed by atoms with Crippen LogP contribution in [0.15, 0.2) is 22.2 Å². The molecule has 0 aliphatic rings. The lowest BCUT2D eigenvalue weighted by atomic mass is 10.1. The van der Waals surface area contributed by atoms with E-state index in [0.717, 1.165) is 10.0 Å². The molecule has 0 unspecified atom stereocenters. The van der Waals surface area contributed by atoms with Gasteiger partial charge < -0.3 is 15.2 Å². The fraction of sp³-hybridized carbons (Fsp3) is 0.286. The van der Waals surface area contributed by atoms with Crippen molar-refractivity contribution in [3.05, 3.63) is 27.7 Å². The molecule has 0 aromatic heterocycles. The van der Waals surface area contributed by atoms with Gasteiger partial charge in [0.15, 0.2) is 11.5 Å². The first kappa shape index (κ1) is 16.5. The molecular formula is C14H15BrN2O2S. The van der Waals surface area contributed by atoms with Crippen molar-refractivity contribution in [2.24, 2.45) is 5.73 Å². The minimum Gasteiger partial charge on any atom is -0.490 e. The minimum atomic E-state index is 0.0652. The van der Waals surface area contributed by atoms with Crippen LogP contribution in [0.5, 0.6) is 11.5 Å². The Kier molecular flexibility index (Phi) is 6.49. The maximum Gasteiger partial charge on any atom is 0.175 e. The first-order valence-electron chi connectivity index (χ1n) is 6.04. The van der Waals surface area contributed by atoms with Gasteiger partial charge in [0.25, 0.3) is 0 Å². The van der Waals surface area contributed by atoms with Crippen molar-refractivity contribution in [2.45, 2.75) is 13.8 Å². The van der Waals surface area contributed by atoms with Gasteiger partial charge >= 0.3 is 0 Å². The second-order valence-electron chi connectivity index (χ2n) is 3.73. The van der Waals surface area contributed by atoms with Crippen LogP contribution in [-0.4, -0.2) is 18.2 Å². The molecular weight excluding hydrogens is 340 g/mol. The number of rotatable bonds is 6. The van der Waals surface area contributed by atoms with Crippen LogP contribution in [0.25, 0.3) is 6.08 Å². The summed E-state index contributed by atoms with van der Waals surface area (Å²) in [5, 5.41) is 8.99. The first-order chi connectivity index (χ1) is 9.53. The van der Waals surface area contributed by atoms with Gasteiger partial charge in [-0.2, -0.15) is 5.26 Å². The Bertz CT molecular complexity index is 579. The summed E-state index contributed by atoms with van der Waals surface area (Å²) in [5.41, 5.74) is 6.49. The van der Waals surface area contributed by atoms with Crippen molar-refractivity contribution < 1.29 is 9.47 Å². The Balaban J connectivity index is 3.31. The Morgan fingerprint density at radius 1 is 1.40 bits per heavy atom. The molecule has 0 aliphatic carbocycles. The maximum absolute atomic E-state index is 8.99. The van der Waals surface area contributed by atoms with E-state index < -0.39 is 0 Å². The summed E-state index contributed by atoms with van der Waals surface area (Å²) in [5.74, 6) is 1.25. The predicted molar refractivity (Wildman–Crippen MR) is 86.9 cm³/mol. The van der Waals surface area contributed by atoms with Gasteiger partial charge in [-0.1, -0.05) is 12.2 Å². The minimum absolute atomic E-state index is 0.0652. The average Bonchev–Trinajstić information content (AvgIpc) is 2.40. The van der Waals surface area contributed by atoms with Crippen LogP contribution in [0.4, 0.5) is 0 Å². The van der Waals surface area contributed by atoms with Gasteiger partial charge in [-0.3, -0.25) is 0 Å². The van der Waals surface area contributed by atoms with Gasteiger partial charge in [0.1, 0.15) is 11.1 Å². The van der Waals surface area contributed by atoms with Crippen molar-refractivity contribution >= 4 is 39.2 Å². The van der Waals surface area contributed by atoms with Gasteiger partial charge in [-0.15, -0.1) is 0 Å². The molecule has 2 N–H and O–H groups in total. The Hall–Kier alpha value is -1.58. The molecule has 106 valence electrons. The topological polar surface area (TPSA) is 68.3 Å². The molecule has 6 heteroatoms. The van der Waals surface area contributed by atoms with Crippen LogP contribution in [-0.2, 0) is 0 Å². The predicted octanol–water partition coefficient (Wildman–Crippen LogP) is 3.44. The third kappa shape index (κ3) is 4.22. The van der Waals surface area contributed by atoms with Gasteiger partial charge in [-0.25, -0.2) is 0 Å². The monoisotopic (exact) mass is 354 g/mol. The first-order valence-corrected chi connectivity index (χ1v) is 7.24. The number of hydrogen-bond donors (Lipinski definition) is 1. The second kappa shape index (κ2) is 7.88. The van der Waals surface area contributed by atoms with Crippen LogP contribution in [0.1, 0.15) is 19.4 Å². The summed E-state index contributed by atoms with van der Waals surface area (Å²) in [6, 6.07) is 5.58. The molecule has 0 radical (unpaired) electrons. The highest BCUT2D eigenvalue weighted by molar-refractivity contribution is 9.10. The summed E-state index contributed by atoms with van der Waals surface area (Å²) in [6.07, 6.45) is 1.62. The number of thiocarbonyl (C=S) groups is 1. The third-order valence-electron chi connectivity index (χ3n) is 2.32. The highest BCUT2D eigenvalue weighted by atomic mass is 79.9. The molecule has 0 fully saturated rings. The molecule has 0 spiro atoms. The number of halogens is 1. The molecule has 0 atom stereocenters. The zero-order chi connectivity index (χ0) is 15.1. The molecule has 1 rings (SSSR count). The fourth-order valence-electron chi connectivity index (χ4n) is 1.54. The highest BCUT2D eigenvalue weighted by Crippen LogP contribution is 2.37. The van der Waals surface area contributed by atoms with E-state index in [1.54, 1.807) is 12.1 Å². The second-order valence-corrected chi connectivity index (χ2v) is 5.02. The van der Waals surface area contributed by atoms with Crippen LogP contribution in [0.2, 0.25) is 0 Å². The standard InChI is InChI=1S/C14H15BrN2O2S/c1-3-18-12-7-9(5-10(8-16)14(17)20)6-11(15)13(12)19-4-2/h5-7H,3-4H2,1-2H3,(H2,17,20). The van der Waals surface area contributed by atoms with Gasteiger partial charge in [-0.05, 0) is 53.5 Å². The zero-order valence-electron chi connectivity index (χ0n) is 11.3. The normalized spacial score (nSPS) is 10.8. The SMILES string of the molecule is CCOc1cc(C=C(C#N)C(N)=S)cc(Br)c1OCC. The van der Waals surface area contributed by atoms with E-state index in [2.05, 4.69) is 15.9 Å². The van der Waals surface area contributed by atoms with E-state index in [9.17, 15) is 0 Å². The number of nitrogens with zero attached hydrogens (tertiary/aromatic N) is 1. The van der Waals surface area contributed by atoms with Gasteiger partial charge in [0.05, 0.1) is 23.3 Å². The number of ether oxygens (including phenoxy) is 2. The lowest BCUT2D eigenvalue weighted by Gasteiger charge is -2.13. The summed E-state index contributed by atoms with van der Waals surface area (Å²) in [4.78, 5) is 0.0652. The van der Waals surface area contributed by atoms with Crippen molar-refractivity contribution in [1.29, 1.82) is 5.26 Å². The molecule has 0 bridgehead atoms. The average molecular weight is 355 g/mol. The summed E-state index contributed by atoms with van der Waals surface area (Å²) in [7, 11) is 0. The molecule has 4 nitrogen and oxygen atoms in total. The van der Waals surface area contributed by atoms with E-state index in [4.69, 9.17) is 32.7 Å². The zero-order valence-corrected chi connectivity index (χ0v) is 13.7. The summed E-state index contributed by atoms with van der Waals surface area (Å²) in [6.45, 7) is 4.84.